The Kier molecular flexibility index (Phi) is 3.33. The molecule has 0 radical (unpaired) electrons. The number of cyclic esters (lactones) is 2. The number of hydrogen-bond donors (Lipinski definition) is 0. The van der Waals surface area contributed by atoms with Gasteiger partial charge in [0.15, 0.2) is 10.8 Å². The van der Waals surface area contributed by atoms with Crippen molar-refractivity contribution in [2.45, 2.75) is 48.7 Å². The topological polar surface area (TPSA) is 105 Å². The smallest absolute Gasteiger partial charge is 0.326 e. The van der Waals surface area contributed by atoms with Crippen molar-refractivity contribution in [3.63, 3.8) is 0 Å². The van der Waals surface area contributed by atoms with E-state index < -0.39 is 56.4 Å². The number of carbonyl (C=O) groups excluding carboxylic acids is 4. The van der Waals surface area contributed by atoms with Gasteiger partial charge in [0.25, 0.3) is 0 Å². The summed E-state index contributed by atoms with van der Waals surface area (Å²) in [6.45, 7) is 3.53. The van der Waals surface area contributed by atoms with Crippen LogP contribution < -0.4 is 5.22 Å². The van der Waals surface area contributed by atoms with Gasteiger partial charge in [-0.25, -0.2) is 0 Å². The van der Waals surface area contributed by atoms with Gasteiger partial charge >= 0.3 is 23.9 Å². The zero-order valence-electron chi connectivity index (χ0n) is 44.4. The Hall–Kier alpha value is -10.2. The number of fused-ring (bicyclic) bond motifs is 1. The van der Waals surface area contributed by atoms with Gasteiger partial charge < -0.3 is 18.9 Å². The highest BCUT2D eigenvalue weighted by Gasteiger charge is 3.11. The van der Waals surface area contributed by atoms with E-state index in [0.717, 1.165) is 65.7 Å². The minimum Gasteiger partial charge on any atom is -0.465 e. The zero-order chi connectivity index (χ0) is 53.3. The Balaban J connectivity index is 1.04. The Bertz CT molecular complexity index is 7890. The van der Waals surface area contributed by atoms with Gasteiger partial charge in [-0.2, -0.15) is 0 Å². The Morgan fingerprint density at radius 1 is 0.326 bits per heavy atom. The van der Waals surface area contributed by atoms with E-state index in [1.807, 2.05) is 38.1 Å². The zero-order valence-corrected chi connectivity index (χ0v) is 44.4. The summed E-state index contributed by atoms with van der Waals surface area (Å²) < 4.78 is 28.1. The Morgan fingerprint density at radius 3 is 0.802 bits per heavy atom. The summed E-state index contributed by atoms with van der Waals surface area (Å²) in [6.07, 6.45) is 0. The molecule has 0 N–H and O–H groups in total. The van der Waals surface area contributed by atoms with Crippen molar-refractivity contribution in [3.05, 3.63) is 74.0 Å². The van der Waals surface area contributed by atoms with Crippen LogP contribution in [0.4, 0.5) is 0 Å². The monoisotopic (exact) mass is 1080 g/mol. The second-order valence-electron chi connectivity index (χ2n) is 29.9. The highest BCUT2D eigenvalue weighted by atomic mass is 16.6. The number of carbonyl (C=O) groups is 4. The van der Waals surface area contributed by atoms with E-state index >= 15 is 19.2 Å². The summed E-state index contributed by atoms with van der Waals surface area (Å²) in [5.41, 5.74) is -1.35. The van der Waals surface area contributed by atoms with E-state index in [1.165, 1.54) is 237 Å². The van der Waals surface area contributed by atoms with Crippen LogP contribution in [0, 0.1) is 10.8 Å². The maximum atomic E-state index is 17.8. The fourth-order valence-electron chi connectivity index (χ4n) is 29.9. The quantitative estimate of drug-likeness (QED) is 0.0743. The van der Waals surface area contributed by atoms with Gasteiger partial charge in [-0.1, -0.05) is 24.3 Å². The molecule has 1 aliphatic heterocycles. The van der Waals surface area contributed by atoms with Gasteiger partial charge in [-0.3, -0.25) is 19.2 Å². The lowest BCUT2D eigenvalue weighted by Gasteiger charge is -2.35. The van der Waals surface area contributed by atoms with Crippen molar-refractivity contribution in [1.29, 1.82) is 0 Å². The highest BCUT2D eigenvalue weighted by molar-refractivity contribution is 6.80. The molecule has 10 aliphatic rings. The molecule has 0 amide bonds. The summed E-state index contributed by atoms with van der Waals surface area (Å²) in [7, 11) is 0. The largest absolute Gasteiger partial charge is 0.465 e. The van der Waals surface area contributed by atoms with Crippen LogP contribution in [0.15, 0.2) is 24.3 Å². The van der Waals surface area contributed by atoms with E-state index in [4.69, 9.17) is 18.9 Å². The summed E-state index contributed by atoms with van der Waals surface area (Å²) >= 11 is 0. The van der Waals surface area contributed by atoms with Crippen LogP contribution in [0.1, 0.15) is 58.4 Å². The van der Waals surface area contributed by atoms with Crippen LogP contribution in [-0.2, 0) is 73.0 Å². The maximum Gasteiger partial charge on any atom is 0.326 e. The molecule has 9 aliphatic carbocycles. The molecule has 2 fully saturated rings. The lowest BCUT2D eigenvalue weighted by Crippen LogP contribution is -2.41. The van der Waals surface area contributed by atoms with Crippen LogP contribution in [0.3, 0.4) is 0 Å². The molecule has 26 aromatic rings. The molecular formula is C78H18O8. The highest BCUT2D eigenvalue weighted by Crippen LogP contribution is 3.05. The van der Waals surface area contributed by atoms with E-state index in [2.05, 4.69) is 0 Å². The molecule has 8 nitrogen and oxygen atoms in total. The molecule has 36 rings (SSSR count). The number of benzene rings is 17. The molecule has 4 spiro atoms. The second kappa shape index (κ2) is 8.14. The first-order chi connectivity index (χ1) is 42.5. The third kappa shape index (κ3) is 1.86. The van der Waals surface area contributed by atoms with Gasteiger partial charge in [0, 0.05) is 0 Å². The van der Waals surface area contributed by atoms with Gasteiger partial charge in [-0.15, -0.1) is 0 Å². The summed E-state index contributed by atoms with van der Waals surface area (Å²) in [6, 6.07) is 7.71. The number of hydrogen-bond acceptors (Lipinski definition) is 8. The van der Waals surface area contributed by atoms with Crippen molar-refractivity contribution >= 4 is 288 Å². The normalized spacial score (nSPS) is 28.9. The first-order valence-corrected chi connectivity index (χ1v) is 31.2. The second-order valence-corrected chi connectivity index (χ2v) is 29.9. The first kappa shape index (κ1) is 35.2. The SMILES string of the molecule is CCOC(=O)C12C(=O)OCc3ccccc3COC(=O)C3(C(=O)OCC)C45C6=c7c8c9c%10c%11c%12c%13c%14c(c4c4c%15c%16c%17c%18c(c7c7c8c8c%10c%10c%19c%11c%11c%13c%13c%14c4c4c%15c%14c%17c%15c%17c%18c7c7c8c%10c8c(c%177)c7c%15c%14c%10c4c%13c4c%11c%19c8c7c4%10)C%1635)C61C9%122. The average Bonchev–Trinajstić information content (AvgIpc) is 1.33. The van der Waals surface area contributed by atoms with Crippen LogP contribution in [0.5, 0.6) is 0 Å². The van der Waals surface area contributed by atoms with Crippen LogP contribution >= 0.6 is 0 Å². The molecule has 2 bridgehead atoms. The van der Waals surface area contributed by atoms with Gasteiger partial charge in [0.2, 0.25) is 0 Å². The average molecular weight is 1080 g/mol. The summed E-state index contributed by atoms with van der Waals surface area (Å²) in [4.78, 5) is 70.6. The van der Waals surface area contributed by atoms with E-state index in [0.29, 0.717) is 11.1 Å². The molecule has 378 valence electrons. The molecule has 1 heterocycles. The van der Waals surface area contributed by atoms with Gasteiger partial charge in [0.1, 0.15) is 13.2 Å². The van der Waals surface area contributed by atoms with Crippen LogP contribution in [0.25, 0.3) is 264 Å². The van der Waals surface area contributed by atoms with Crippen molar-refractivity contribution in [3.8, 4) is 0 Å². The predicted molar refractivity (Wildman–Crippen MR) is 332 cm³/mol. The fourth-order valence-corrected chi connectivity index (χ4v) is 29.9. The lowest BCUT2D eigenvalue weighted by molar-refractivity contribution is -0.168. The molecule has 0 saturated heterocycles. The number of ether oxygens (including phenoxy) is 4. The molecule has 8 heteroatoms. The van der Waals surface area contributed by atoms with Crippen LogP contribution in [-0.4, -0.2) is 37.1 Å². The Labute approximate surface area is 470 Å². The lowest BCUT2D eigenvalue weighted by atomic mass is 9.65. The minimum atomic E-state index is -2.04. The summed E-state index contributed by atoms with van der Waals surface area (Å²) in [5.74, 6) is -2.33. The van der Waals surface area contributed by atoms with E-state index in [9.17, 15) is 0 Å². The minimum absolute atomic E-state index is 0.0437. The molecule has 86 heavy (non-hydrogen) atoms. The molecule has 2 saturated carbocycles. The molecule has 6 unspecified atom stereocenters. The first-order valence-electron chi connectivity index (χ1n) is 31.2. The third-order valence-electron chi connectivity index (χ3n) is 29.9. The standard InChI is InChI=1S/C78H18O8/c1-3-83-69(79)77-71(81)85-9-11-7-5-6-8-12(11)10-86-72(82)78(70(80)84-4-2)74-63-52-42-32-22-16-13-14-19-25-21-15(13)17-18(16)24-30-29-23(17)33-31(21)41-35(25)45-37-27(19)28-20(14)26(22)36(42)46-38(28)48-47(37)57-55(45)62-51(41)53-43(33)39(29)49-50-40(30)44(34(24)32)54(52)65(74)60(50)61-59(49)64(53)73(62,77)75(77)66(57)67(58(48)56(46)63)76(74,78)68(61)75/h5-8H,3-4,9-10H2,1-2H3. The third-order valence-corrected chi connectivity index (χ3v) is 29.9. The van der Waals surface area contributed by atoms with Crippen molar-refractivity contribution in [1.82, 2.24) is 0 Å². The molecular weight excluding hydrogens is 1060 g/mol. The predicted octanol–water partition coefficient (Wildman–Crippen LogP) is 15.0. The summed E-state index contributed by atoms with van der Waals surface area (Å²) in [5, 5.41) is 64.6. The van der Waals surface area contributed by atoms with Crippen molar-refractivity contribution < 1.29 is 38.1 Å². The molecule has 0 aromatic heterocycles. The van der Waals surface area contributed by atoms with Crippen molar-refractivity contribution in [2.24, 2.45) is 10.8 Å². The van der Waals surface area contributed by atoms with Gasteiger partial charge in [-0.05, 0) is 328 Å². The van der Waals surface area contributed by atoms with Crippen LogP contribution in [0.2, 0.25) is 0 Å². The maximum absolute atomic E-state index is 17.8. The number of esters is 4. The van der Waals surface area contributed by atoms with E-state index in [1.54, 1.807) is 0 Å². The van der Waals surface area contributed by atoms with Crippen molar-refractivity contribution in [2.75, 3.05) is 13.2 Å². The van der Waals surface area contributed by atoms with Gasteiger partial charge in [0.05, 0.1) is 34.9 Å². The Morgan fingerprint density at radius 2 is 0.547 bits per heavy atom. The van der Waals surface area contributed by atoms with E-state index in [-0.39, 0.29) is 26.4 Å². The molecule has 26 aromatic carbocycles. The molecule has 6 atom stereocenters. The fraction of sp³-hybridized carbons (Fsp3) is 0.154. The number of rotatable bonds is 4.